The summed E-state index contributed by atoms with van der Waals surface area (Å²) in [6, 6.07) is 6.46. The molecule has 1 atom stereocenters. The van der Waals surface area contributed by atoms with Gasteiger partial charge in [0.2, 0.25) is 0 Å². The van der Waals surface area contributed by atoms with Crippen molar-refractivity contribution in [2.75, 3.05) is 13.1 Å². The molecule has 4 nitrogen and oxygen atoms in total. The Morgan fingerprint density at radius 2 is 2.21 bits per heavy atom. The number of fused-ring (bicyclic) bond motifs is 1. The van der Waals surface area contributed by atoms with Crippen LogP contribution < -0.4 is 11.1 Å². The molecule has 0 saturated carbocycles. The monoisotopic (exact) mass is 261 g/mol. The van der Waals surface area contributed by atoms with E-state index in [2.05, 4.69) is 36.3 Å². The van der Waals surface area contributed by atoms with Crippen molar-refractivity contribution in [2.24, 2.45) is 5.73 Å². The van der Waals surface area contributed by atoms with Gasteiger partial charge in [-0.05, 0) is 37.6 Å². The molecule has 1 unspecified atom stereocenters. The highest BCUT2D eigenvalue weighted by atomic mass is 16.3. The van der Waals surface area contributed by atoms with Gasteiger partial charge in [-0.2, -0.15) is 0 Å². The number of oxazole rings is 1. The second-order valence-electron chi connectivity index (χ2n) is 5.86. The summed E-state index contributed by atoms with van der Waals surface area (Å²) in [4.78, 5) is 4.14. The van der Waals surface area contributed by atoms with Gasteiger partial charge in [0.05, 0.1) is 0 Å². The molecular weight excluding hydrogens is 238 g/mol. The van der Waals surface area contributed by atoms with E-state index < -0.39 is 0 Å². The van der Waals surface area contributed by atoms with Crippen LogP contribution in [0.15, 0.2) is 29.0 Å². The number of nitrogens with zero attached hydrogens (tertiary/aromatic N) is 1. The van der Waals surface area contributed by atoms with Crippen LogP contribution in [0.1, 0.15) is 32.8 Å². The van der Waals surface area contributed by atoms with Crippen molar-refractivity contribution in [3.05, 3.63) is 30.2 Å². The highest BCUT2D eigenvalue weighted by molar-refractivity contribution is 5.73. The van der Waals surface area contributed by atoms with Crippen molar-refractivity contribution in [2.45, 2.75) is 38.6 Å². The summed E-state index contributed by atoms with van der Waals surface area (Å²) in [6.45, 7) is 8.35. The smallest absolute Gasteiger partial charge is 0.181 e. The first kappa shape index (κ1) is 14.0. The maximum absolute atomic E-state index is 5.74. The molecule has 1 heterocycles. The van der Waals surface area contributed by atoms with E-state index in [0.29, 0.717) is 0 Å². The molecule has 0 radical (unpaired) electrons. The summed E-state index contributed by atoms with van der Waals surface area (Å²) in [5.41, 5.74) is 8.81. The standard InChI is InChI=1S/C15H23N3O/c1-11(16)6-7-17-9-15(2,3)12-4-5-13-14(8-12)19-10-18-13/h4-5,8,10-11,17H,6-7,9,16H2,1-3H3. The normalized spacial score (nSPS) is 13.9. The number of nitrogens with two attached hydrogens (primary N) is 1. The Morgan fingerprint density at radius 1 is 1.42 bits per heavy atom. The zero-order chi connectivity index (χ0) is 13.9. The lowest BCUT2D eigenvalue weighted by atomic mass is 9.84. The van der Waals surface area contributed by atoms with Crippen LogP contribution in [0.25, 0.3) is 11.1 Å². The van der Waals surface area contributed by atoms with Crippen LogP contribution in [-0.2, 0) is 5.41 Å². The van der Waals surface area contributed by atoms with Gasteiger partial charge >= 0.3 is 0 Å². The molecule has 3 N–H and O–H groups in total. The predicted octanol–water partition coefficient (Wildman–Crippen LogP) is 2.43. The fourth-order valence-electron chi connectivity index (χ4n) is 2.11. The van der Waals surface area contributed by atoms with E-state index in [1.165, 1.54) is 12.0 Å². The van der Waals surface area contributed by atoms with Crippen LogP contribution in [-0.4, -0.2) is 24.1 Å². The summed E-state index contributed by atoms with van der Waals surface area (Å²) in [5.74, 6) is 0. The molecule has 0 spiro atoms. The highest BCUT2D eigenvalue weighted by Crippen LogP contribution is 2.25. The Balaban J connectivity index is 2.01. The van der Waals surface area contributed by atoms with Crippen molar-refractivity contribution >= 4 is 11.1 Å². The molecule has 4 heteroatoms. The zero-order valence-electron chi connectivity index (χ0n) is 11.9. The molecule has 2 aromatic rings. The lowest BCUT2D eigenvalue weighted by molar-refractivity contribution is 0.458. The molecule has 2 rings (SSSR count). The van der Waals surface area contributed by atoms with Gasteiger partial charge in [-0.25, -0.2) is 4.98 Å². The fourth-order valence-corrected chi connectivity index (χ4v) is 2.11. The first-order chi connectivity index (χ1) is 8.99. The first-order valence-electron chi connectivity index (χ1n) is 6.79. The first-order valence-corrected chi connectivity index (χ1v) is 6.79. The summed E-state index contributed by atoms with van der Waals surface area (Å²) in [6.07, 6.45) is 2.49. The maximum Gasteiger partial charge on any atom is 0.181 e. The second kappa shape index (κ2) is 5.72. The molecule has 0 aliphatic rings. The average Bonchev–Trinajstić information content (AvgIpc) is 2.81. The van der Waals surface area contributed by atoms with Crippen LogP contribution >= 0.6 is 0 Å². The Labute approximate surface area is 114 Å². The third-order valence-corrected chi connectivity index (χ3v) is 3.46. The van der Waals surface area contributed by atoms with Gasteiger partial charge in [0.1, 0.15) is 5.52 Å². The number of hydrogen-bond acceptors (Lipinski definition) is 4. The minimum atomic E-state index is 0.0544. The van der Waals surface area contributed by atoms with Crippen LogP contribution in [0.5, 0.6) is 0 Å². The molecule has 0 saturated heterocycles. The van der Waals surface area contributed by atoms with Crippen LogP contribution in [0.3, 0.4) is 0 Å². The van der Waals surface area contributed by atoms with E-state index in [-0.39, 0.29) is 11.5 Å². The van der Waals surface area contributed by atoms with Gasteiger partial charge in [-0.15, -0.1) is 0 Å². The third-order valence-electron chi connectivity index (χ3n) is 3.46. The lowest BCUT2D eigenvalue weighted by Crippen LogP contribution is -2.35. The minimum absolute atomic E-state index is 0.0544. The van der Waals surface area contributed by atoms with Gasteiger partial charge in [0.15, 0.2) is 12.0 Å². The molecule has 0 aliphatic heterocycles. The van der Waals surface area contributed by atoms with Crippen LogP contribution in [0, 0.1) is 0 Å². The largest absolute Gasteiger partial charge is 0.443 e. The van der Waals surface area contributed by atoms with E-state index in [9.17, 15) is 0 Å². The van der Waals surface area contributed by atoms with Gasteiger partial charge in [-0.3, -0.25) is 0 Å². The number of aromatic nitrogens is 1. The molecule has 0 amide bonds. The predicted molar refractivity (Wildman–Crippen MR) is 78.2 cm³/mol. The quantitative estimate of drug-likeness (QED) is 0.784. The van der Waals surface area contributed by atoms with Gasteiger partial charge in [0, 0.05) is 18.0 Å². The molecule has 0 fully saturated rings. The molecule has 1 aromatic heterocycles. The minimum Gasteiger partial charge on any atom is -0.443 e. The average molecular weight is 261 g/mol. The Kier molecular flexibility index (Phi) is 4.22. The third kappa shape index (κ3) is 3.55. The Bertz CT molecular complexity index is 531. The molecule has 19 heavy (non-hydrogen) atoms. The van der Waals surface area contributed by atoms with E-state index in [1.54, 1.807) is 0 Å². The summed E-state index contributed by atoms with van der Waals surface area (Å²) < 4.78 is 5.36. The summed E-state index contributed by atoms with van der Waals surface area (Å²) in [5, 5.41) is 3.47. The lowest BCUT2D eigenvalue weighted by Gasteiger charge is -2.26. The van der Waals surface area contributed by atoms with E-state index >= 15 is 0 Å². The maximum atomic E-state index is 5.74. The van der Waals surface area contributed by atoms with Gasteiger partial charge in [0.25, 0.3) is 0 Å². The molecule has 0 aliphatic carbocycles. The molecule has 104 valence electrons. The van der Waals surface area contributed by atoms with Crippen molar-refractivity contribution < 1.29 is 4.42 Å². The van der Waals surface area contributed by atoms with Crippen LogP contribution in [0.2, 0.25) is 0 Å². The van der Waals surface area contributed by atoms with Crippen molar-refractivity contribution in [1.29, 1.82) is 0 Å². The Morgan fingerprint density at radius 3 is 2.95 bits per heavy atom. The van der Waals surface area contributed by atoms with Crippen molar-refractivity contribution in [3.8, 4) is 0 Å². The highest BCUT2D eigenvalue weighted by Gasteiger charge is 2.21. The topological polar surface area (TPSA) is 64.1 Å². The molecule has 0 bridgehead atoms. The van der Waals surface area contributed by atoms with Gasteiger partial charge in [-0.1, -0.05) is 19.9 Å². The van der Waals surface area contributed by atoms with Crippen molar-refractivity contribution in [3.63, 3.8) is 0 Å². The number of nitrogens with one attached hydrogen (secondary N) is 1. The summed E-state index contributed by atoms with van der Waals surface area (Å²) >= 11 is 0. The second-order valence-corrected chi connectivity index (χ2v) is 5.86. The Hall–Kier alpha value is -1.39. The molecular formula is C15H23N3O. The fraction of sp³-hybridized carbons (Fsp3) is 0.533. The number of rotatable bonds is 6. The van der Waals surface area contributed by atoms with E-state index in [4.69, 9.17) is 10.2 Å². The number of benzene rings is 1. The zero-order valence-corrected chi connectivity index (χ0v) is 11.9. The van der Waals surface area contributed by atoms with Crippen LogP contribution in [0.4, 0.5) is 0 Å². The van der Waals surface area contributed by atoms with E-state index in [0.717, 1.165) is 30.6 Å². The summed E-state index contributed by atoms with van der Waals surface area (Å²) in [7, 11) is 0. The molecule has 1 aromatic carbocycles. The van der Waals surface area contributed by atoms with Gasteiger partial charge < -0.3 is 15.5 Å². The van der Waals surface area contributed by atoms with Crippen molar-refractivity contribution in [1.82, 2.24) is 10.3 Å². The SMILES string of the molecule is CC(N)CCNCC(C)(C)c1ccc2ncoc2c1. The van der Waals surface area contributed by atoms with E-state index in [1.807, 2.05) is 13.0 Å². The number of hydrogen-bond donors (Lipinski definition) is 2.